The molecule has 4 aromatic carbocycles. The van der Waals surface area contributed by atoms with Crippen molar-refractivity contribution in [1.82, 2.24) is 13.9 Å². The molecule has 3 heterocycles. The SMILES string of the molecule is O=C1C2CC3C(=CCn4c(=O)n(-c5ccccc5)c(=O)n43)C(c3cccc(O)c3)C2(c2ccccc2)C(=O)N1c1cccc(Cl)c1. The van der Waals surface area contributed by atoms with Crippen LogP contribution in [0.1, 0.15) is 29.5 Å². The zero-order valence-corrected chi connectivity index (χ0v) is 25.1. The molecule has 1 saturated carbocycles. The van der Waals surface area contributed by atoms with E-state index in [1.54, 1.807) is 72.8 Å². The van der Waals surface area contributed by atoms with Crippen molar-refractivity contribution in [3.63, 3.8) is 0 Å². The number of allylic oxidation sites excluding steroid dienone is 2. The number of phenolic OH excluding ortho intramolecular Hbond substituents is 1. The largest absolute Gasteiger partial charge is 0.508 e. The highest BCUT2D eigenvalue weighted by molar-refractivity contribution is 6.32. The lowest BCUT2D eigenvalue weighted by molar-refractivity contribution is -0.124. The molecule has 1 aromatic heterocycles. The zero-order valence-electron chi connectivity index (χ0n) is 24.4. The first-order valence-corrected chi connectivity index (χ1v) is 15.4. The van der Waals surface area contributed by atoms with E-state index >= 15 is 4.79 Å². The smallest absolute Gasteiger partial charge is 0.352 e. The van der Waals surface area contributed by atoms with Crippen LogP contribution in [-0.2, 0) is 21.5 Å². The molecular formula is C36H27ClN4O5. The molecule has 4 unspecified atom stereocenters. The minimum Gasteiger partial charge on any atom is -0.508 e. The van der Waals surface area contributed by atoms with Crippen LogP contribution >= 0.6 is 11.6 Å². The first-order chi connectivity index (χ1) is 22.3. The molecule has 10 heteroatoms. The van der Waals surface area contributed by atoms with Crippen LogP contribution in [0.2, 0.25) is 5.02 Å². The number of fused-ring (bicyclic) bond motifs is 4. The van der Waals surface area contributed by atoms with Crippen molar-refractivity contribution in [2.24, 2.45) is 5.92 Å². The number of amides is 2. The summed E-state index contributed by atoms with van der Waals surface area (Å²) in [6, 6.07) is 30.5. The maximum atomic E-state index is 15.1. The summed E-state index contributed by atoms with van der Waals surface area (Å²) in [5, 5.41) is 11.1. The molecule has 46 heavy (non-hydrogen) atoms. The van der Waals surface area contributed by atoms with Gasteiger partial charge in [-0.3, -0.25) is 9.59 Å². The van der Waals surface area contributed by atoms with Gasteiger partial charge in [0.15, 0.2) is 0 Å². The van der Waals surface area contributed by atoms with Gasteiger partial charge in [-0.25, -0.2) is 28.4 Å². The molecule has 0 spiro atoms. The van der Waals surface area contributed by atoms with E-state index in [-0.39, 0.29) is 18.7 Å². The summed E-state index contributed by atoms with van der Waals surface area (Å²) >= 11 is 6.35. The van der Waals surface area contributed by atoms with Crippen molar-refractivity contribution >= 4 is 29.1 Å². The number of hydrogen-bond donors (Lipinski definition) is 1. The van der Waals surface area contributed by atoms with Crippen molar-refractivity contribution in [3.05, 3.63) is 158 Å². The molecule has 5 aromatic rings. The van der Waals surface area contributed by atoms with Crippen molar-refractivity contribution in [1.29, 1.82) is 0 Å². The van der Waals surface area contributed by atoms with Crippen molar-refractivity contribution < 1.29 is 14.7 Å². The number of benzene rings is 4. The van der Waals surface area contributed by atoms with E-state index in [1.165, 1.54) is 14.3 Å². The van der Waals surface area contributed by atoms with E-state index in [2.05, 4.69) is 0 Å². The number of carbonyl (C=O) groups excluding carboxylic acids is 2. The highest BCUT2D eigenvalue weighted by Gasteiger charge is 2.68. The van der Waals surface area contributed by atoms with Crippen LogP contribution in [0, 0.1) is 5.92 Å². The maximum Gasteiger partial charge on any atom is 0.352 e. The van der Waals surface area contributed by atoms with Crippen LogP contribution in [-0.4, -0.2) is 30.9 Å². The maximum absolute atomic E-state index is 15.1. The topological polar surface area (TPSA) is 107 Å². The van der Waals surface area contributed by atoms with Crippen molar-refractivity contribution in [2.45, 2.75) is 30.3 Å². The van der Waals surface area contributed by atoms with Crippen LogP contribution < -0.4 is 16.3 Å². The number of hydrogen-bond acceptors (Lipinski definition) is 5. The molecule has 2 fully saturated rings. The van der Waals surface area contributed by atoms with Gasteiger partial charge in [0.05, 0.1) is 35.3 Å². The number of nitrogens with zero attached hydrogens (tertiary/aromatic N) is 4. The average Bonchev–Trinajstić information content (AvgIpc) is 3.46. The Hall–Kier alpha value is -5.41. The second-order valence-corrected chi connectivity index (χ2v) is 12.3. The lowest BCUT2D eigenvalue weighted by Crippen LogP contribution is -2.53. The van der Waals surface area contributed by atoms with Crippen LogP contribution in [0.3, 0.4) is 0 Å². The number of aromatic nitrogens is 3. The summed E-state index contributed by atoms with van der Waals surface area (Å²) in [6.45, 7) is 0.0880. The number of carbonyl (C=O) groups is 2. The Morgan fingerprint density at radius 3 is 2.17 bits per heavy atom. The fourth-order valence-corrected chi connectivity index (χ4v) is 8.07. The van der Waals surface area contributed by atoms with Gasteiger partial charge in [0.1, 0.15) is 5.75 Å². The first kappa shape index (κ1) is 28.1. The van der Waals surface area contributed by atoms with Gasteiger partial charge >= 0.3 is 11.4 Å². The Morgan fingerprint density at radius 2 is 1.46 bits per heavy atom. The molecule has 1 saturated heterocycles. The van der Waals surface area contributed by atoms with Crippen LogP contribution in [0.5, 0.6) is 5.75 Å². The lowest BCUT2D eigenvalue weighted by Gasteiger charge is -2.49. The summed E-state index contributed by atoms with van der Waals surface area (Å²) in [7, 11) is 0. The van der Waals surface area contributed by atoms with Crippen LogP contribution in [0.4, 0.5) is 5.69 Å². The quantitative estimate of drug-likeness (QED) is 0.223. The van der Waals surface area contributed by atoms with E-state index in [1.807, 2.05) is 42.5 Å². The Kier molecular flexibility index (Phi) is 6.30. The third-order valence-corrected chi connectivity index (χ3v) is 9.88. The highest BCUT2D eigenvalue weighted by Crippen LogP contribution is 2.62. The fourth-order valence-electron chi connectivity index (χ4n) is 7.88. The zero-order chi connectivity index (χ0) is 31.7. The monoisotopic (exact) mass is 630 g/mol. The summed E-state index contributed by atoms with van der Waals surface area (Å²) in [5.74, 6) is -2.52. The fraction of sp³-hybridized carbons (Fsp3) is 0.167. The Morgan fingerprint density at radius 1 is 0.761 bits per heavy atom. The van der Waals surface area contributed by atoms with Gasteiger partial charge in [-0.15, -0.1) is 0 Å². The first-order valence-electron chi connectivity index (χ1n) is 15.0. The van der Waals surface area contributed by atoms with Gasteiger partial charge in [0.2, 0.25) is 11.8 Å². The van der Waals surface area contributed by atoms with E-state index in [4.69, 9.17) is 11.6 Å². The molecule has 0 radical (unpaired) electrons. The summed E-state index contributed by atoms with van der Waals surface area (Å²) in [6.07, 6.45) is 1.99. The minimum atomic E-state index is -1.43. The lowest BCUT2D eigenvalue weighted by atomic mass is 9.53. The van der Waals surface area contributed by atoms with E-state index in [9.17, 15) is 19.5 Å². The highest BCUT2D eigenvalue weighted by atomic mass is 35.5. The molecular weight excluding hydrogens is 604 g/mol. The molecule has 8 rings (SSSR count). The van der Waals surface area contributed by atoms with Gasteiger partial charge in [-0.05, 0) is 65.6 Å². The van der Waals surface area contributed by atoms with Gasteiger partial charge in [-0.1, -0.05) is 84.4 Å². The molecule has 9 nitrogen and oxygen atoms in total. The number of imide groups is 1. The van der Waals surface area contributed by atoms with Crippen LogP contribution in [0.25, 0.3) is 5.69 Å². The number of para-hydroxylation sites is 1. The average molecular weight is 631 g/mol. The number of rotatable bonds is 4. The van der Waals surface area contributed by atoms with Gasteiger partial charge in [-0.2, -0.15) is 0 Å². The summed E-state index contributed by atoms with van der Waals surface area (Å²) in [5.41, 5.74) is 0.330. The Labute approximate surface area is 267 Å². The molecule has 4 atom stereocenters. The van der Waals surface area contributed by atoms with Crippen molar-refractivity contribution in [3.8, 4) is 11.4 Å². The van der Waals surface area contributed by atoms with Gasteiger partial charge in [0.25, 0.3) is 0 Å². The molecule has 1 N–H and O–H groups in total. The molecule has 1 aliphatic carbocycles. The molecule has 2 amide bonds. The molecule has 3 aliphatic rings. The number of aromatic hydroxyl groups is 1. The minimum absolute atomic E-state index is 0.00331. The number of halogens is 1. The normalized spacial score (nSPS) is 23.5. The van der Waals surface area contributed by atoms with Gasteiger partial charge in [0, 0.05) is 10.9 Å². The Bertz CT molecular complexity index is 2200. The van der Waals surface area contributed by atoms with Gasteiger partial charge < -0.3 is 5.11 Å². The summed E-state index contributed by atoms with van der Waals surface area (Å²) in [4.78, 5) is 58.9. The summed E-state index contributed by atoms with van der Waals surface area (Å²) < 4.78 is 3.97. The number of phenols is 1. The molecule has 228 valence electrons. The third kappa shape index (κ3) is 3.81. The molecule has 0 bridgehead atoms. The molecule has 2 aliphatic heterocycles. The van der Waals surface area contributed by atoms with E-state index in [0.717, 1.165) is 10.1 Å². The standard InChI is InChI=1S/C36H27ClN4O5/c37-24-12-8-15-26(20-24)39-32(43)29-21-30-28(17-18-38-34(45)40(35(46)41(30)38)25-13-5-2-6-14-25)31(22-9-7-16-27(42)19-22)36(29,33(39)44)23-10-3-1-4-11-23/h1-17,19-20,29-31,42H,18,21H2. The predicted octanol–water partition coefficient (Wildman–Crippen LogP) is 4.96. The van der Waals surface area contributed by atoms with E-state index < -0.39 is 46.5 Å². The predicted molar refractivity (Wildman–Crippen MR) is 172 cm³/mol. The Balaban J connectivity index is 1.41. The van der Waals surface area contributed by atoms with Crippen molar-refractivity contribution in [2.75, 3.05) is 4.90 Å². The van der Waals surface area contributed by atoms with E-state index in [0.29, 0.717) is 27.5 Å². The van der Waals surface area contributed by atoms with Crippen LogP contribution in [0.15, 0.2) is 130 Å². The second kappa shape index (κ2) is 10.3. The third-order valence-electron chi connectivity index (χ3n) is 9.65. The second-order valence-electron chi connectivity index (χ2n) is 11.9. The number of anilines is 1.